The van der Waals surface area contributed by atoms with Gasteiger partial charge in [0.15, 0.2) is 12.1 Å². The van der Waals surface area contributed by atoms with Crippen LogP contribution in [-0.4, -0.2) is 46.2 Å². The summed E-state index contributed by atoms with van der Waals surface area (Å²) in [7, 11) is 0. The highest BCUT2D eigenvalue weighted by Gasteiger charge is 2.67. The Morgan fingerprint density at radius 3 is 2.30 bits per heavy atom. The molecule has 2 aromatic rings. The smallest absolute Gasteiger partial charge is 0.277 e. The Morgan fingerprint density at radius 2 is 1.67 bits per heavy atom. The van der Waals surface area contributed by atoms with Crippen LogP contribution in [0.15, 0.2) is 53.6 Å². The number of nitrogens with zero attached hydrogens (tertiary/aromatic N) is 3. The number of amides is 1. The third kappa shape index (κ3) is 3.64. The first-order valence-corrected chi connectivity index (χ1v) is 10.0. The van der Waals surface area contributed by atoms with E-state index in [2.05, 4.69) is 10.5 Å². The Hall–Kier alpha value is -4.03. The number of rotatable bonds is 6. The molecule has 1 amide bonds. The monoisotopic (exact) mass is 452 g/mol. The SMILES string of the molecule is O=C(N/N=C1/[C@@H]2OC[C@@H](O2)[C@H]2[C@@H](C(=O)c3ccccc3)[C@@H]12)c1cc([N+](=O)[O-])cc([N+](=O)[O-])c1. The maximum absolute atomic E-state index is 13.0. The van der Waals surface area contributed by atoms with E-state index in [9.17, 15) is 29.8 Å². The van der Waals surface area contributed by atoms with Crippen LogP contribution in [0.25, 0.3) is 0 Å². The molecule has 1 aliphatic carbocycles. The number of fused-ring (bicyclic) bond motifs is 4. The van der Waals surface area contributed by atoms with Gasteiger partial charge in [0.2, 0.25) is 0 Å². The van der Waals surface area contributed by atoms with Gasteiger partial charge in [-0.05, 0) is 0 Å². The van der Waals surface area contributed by atoms with Gasteiger partial charge in [0.25, 0.3) is 17.3 Å². The zero-order valence-electron chi connectivity index (χ0n) is 16.8. The molecule has 2 heterocycles. The lowest BCUT2D eigenvalue weighted by atomic mass is 10.0. The second-order valence-corrected chi connectivity index (χ2v) is 7.93. The lowest BCUT2D eigenvalue weighted by Gasteiger charge is -2.18. The number of non-ortho nitro benzene ring substituents is 2. The number of ketones is 1. The third-order valence-electron chi connectivity index (χ3n) is 6.03. The van der Waals surface area contributed by atoms with Gasteiger partial charge in [-0.3, -0.25) is 29.8 Å². The predicted molar refractivity (Wildman–Crippen MR) is 111 cm³/mol. The summed E-state index contributed by atoms with van der Waals surface area (Å²) >= 11 is 0. The fourth-order valence-corrected chi connectivity index (χ4v) is 4.49. The first kappa shape index (κ1) is 20.8. The summed E-state index contributed by atoms with van der Waals surface area (Å²) in [5.74, 6) is -1.69. The Labute approximate surface area is 185 Å². The van der Waals surface area contributed by atoms with Crippen molar-refractivity contribution < 1.29 is 28.9 Å². The van der Waals surface area contributed by atoms with Crippen LogP contribution in [0.1, 0.15) is 20.7 Å². The van der Waals surface area contributed by atoms with Gasteiger partial charge in [0.1, 0.15) is 0 Å². The van der Waals surface area contributed by atoms with E-state index in [0.29, 0.717) is 17.9 Å². The Bertz CT molecular complexity index is 1180. The predicted octanol–water partition coefficient (Wildman–Crippen LogP) is 2.09. The van der Waals surface area contributed by atoms with Gasteiger partial charge in [0, 0.05) is 35.4 Å². The van der Waals surface area contributed by atoms with Gasteiger partial charge in [-0.25, -0.2) is 5.43 Å². The van der Waals surface area contributed by atoms with Crippen molar-refractivity contribution in [2.24, 2.45) is 22.9 Å². The number of carbonyl (C=O) groups is 2. The van der Waals surface area contributed by atoms with Crippen molar-refractivity contribution in [2.75, 3.05) is 6.61 Å². The van der Waals surface area contributed by atoms with Gasteiger partial charge in [-0.2, -0.15) is 5.10 Å². The number of hydrogen-bond acceptors (Lipinski definition) is 9. The van der Waals surface area contributed by atoms with Crippen molar-refractivity contribution >= 4 is 28.8 Å². The number of benzene rings is 2. The van der Waals surface area contributed by atoms with Crippen LogP contribution in [0.5, 0.6) is 0 Å². The minimum absolute atomic E-state index is 0.0462. The Balaban J connectivity index is 1.39. The molecule has 0 radical (unpaired) electrons. The van der Waals surface area contributed by atoms with Gasteiger partial charge < -0.3 is 9.47 Å². The van der Waals surface area contributed by atoms with Crippen LogP contribution in [0.4, 0.5) is 11.4 Å². The zero-order chi connectivity index (χ0) is 23.3. The highest BCUT2D eigenvalue weighted by Crippen LogP contribution is 2.57. The number of Topliss-reactive ketones (excluding diaryl/α,β-unsaturated/α-hetero) is 1. The summed E-state index contributed by atoms with van der Waals surface area (Å²) < 4.78 is 11.4. The molecular formula is C21H16N4O8. The van der Waals surface area contributed by atoms with Crippen LogP contribution in [0.2, 0.25) is 0 Å². The summed E-state index contributed by atoms with van der Waals surface area (Å²) in [4.78, 5) is 46.1. The molecule has 3 aliphatic rings. The average Bonchev–Trinajstić information content (AvgIpc) is 3.42. The highest BCUT2D eigenvalue weighted by atomic mass is 16.7. The molecule has 2 saturated heterocycles. The molecule has 12 heteroatoms. The van der Waals surface area contributed by atoms with Crippen LogP contribution < -0.4 is 5.43 Å². The number of nitrogens with one attached hydrogen (secondary N) is 1. The van der Waals surface area contributed by atoms with Gasteiger partial charge in [-0.15, -0.1) is 0 Å². The van der Waals surface area contributed by atoms with E-state index in [0.717, 1.165) is 18.2 Å². The topological polar surface area (TPSA) is 163 Å². The molecule has 0 aromatic heterocycles. The second kappa shape index (κ2) is 7.83. The molecule has 12 nitrogen and oxygen atoms in total. The molecule has 1 N–H and O–H groups in total. The molecular weight excluding hydrogens is 436 g/mol. The summed E-state index contributed by atoms with van der Waals surface area (Å²) in [5, 5.41) is 26.2. The van der Waals surface area contributed by atoms with Crippen molar-refractivity contribution in [3.63, 3.8) is 0 Å². The first-order valence-electron chi connectivity index (χ1n) is 10.0. The van der Waals surface area contributed by atoms with Gasteiger partial charge >= 0.3 is 0 Å². The molecule has 33 heavy (non-hydrogen) atoms. The lowest BCUT2D eigenvalue weighted by molar-refractivity contribution is -0.394. The fraction of sp³-hybridized carbons (Fsp3) is 0.286. The number of hydrazone groups is 1. The van der Waals surface area contributed by atoms with E-state index in [1.54, 1.807) is 24.3 Å². The van der Waals surface area contributed by atoms with E-state index in [1.165, 1.54) is 0 Å². The van der Waals surface area contributed by atoms with Crippen molar-refractivity contribution in [1.29, 1.82) is 0 Å². The fourth-order valence-electron chi connectivity index (χ4n) is 4.49. The quantitative estimate of drug-likeness (QED) is 0.395. The zero-order valence-corrected chi connectivity index (χ0v) is 16.8. The summed E-state index contributed by atoms with van der Waals surface area (Å²) in [5.41, 5.74) is 1.69. The van der Waals surface area contributed by atoms with E-state index < -0.39 is 33.4 Å². The van der Waals surface area contributed by atoms with Crippen molar-refractivity contribution in [3.8, 4) is 0 Å². The number of hydrogen-bond donors (Lipinski definition) is 1. The van der Waals surface area contributed by atoms with E-state index in [4.69, 9.17) is 9.47 Å². The molecule has 3 fully saturated rings. The summed E-state index contributed by atoms with van der Waals surface area (Å²) in [6.07, 6.45) is -1.06. The van der Waals surface area contributed by atoms with Crippen LogP contribution in [0.3, 0.4) is 0 Å². The molecule has 0 spiro atoms. The highest BCUT2D eigenvalue weighted by molar-refractivity contribution is 6.07. The van der Waals surface area contributed by atoms with Gasteiger partial charge in [0.05, 0.1) is 39.9 Å². The molecule has 5 rings (SSSR count). The van der Waals surface area contributed by atoms with Crippen LogP contribution in [-0.2, 0) is 9.47 Å². The lowest BCUT2D eigenvalue weighted by Crippen LogP contribution is -2.33. The van der Waals surface area contributed by atoms with E-state index in [1.807, 2.05) is 6.07 Å². The normalized spacial score (nSPS) is 28.1. The Morgan fingerprint density at radius 1 is 1.00 bits per heavy atom. The number of nitro groups is 2. The third-order valence-corrected chi connectivity index (χ3v) is 6.03. The van der Waals surface area contributed by atoms with Crippen molar-refractivity contribution in [2.45, 2.75) is 12.4 Å². The maximum Gasteiger partial charge on any atom is 0.277 e. The Kier molecular flexibility index (Phi) is 4.95. The van der Waals surface area contributed by atoms with E-state index in [-0.39, 0.29) is 35.2 Å². The average molecular weight is 452 g/mol. The second-order valence-electron chi connectivity index (χ2n) is 7.93. The van der Waals surface area contributed by atoms with E-state index >= 15 is 0 Å². The van der Waals surface area contributed by atoms with Crippen molar-refractivity contribution in [3.05, 3.63) is 79.9 Å². The maximum atomic E-state index is 13.0. The molecule has 0 unspecified atom stereocenters. The van der Waals surface area contributed by atoms with Crippen LogP contribution >= 0.6 is 0 Å². The standard InChI is InChI=1S/C21H16N4O8/c26-19(10-4-2-1-3-5-10)17-15-14-9-32-21(33-14)18(16(15)17)22-23-20(27)11-6-12(24(28)29)8-13(7-11)25(30)31/h1-8,14-17,21H,9H2,(H,23,27)/b22-18+/t14-,15-,16+,17-,21-/m1/s1. The first-order chi connectivity index (χ1) is 15.8. The number of ether oxygens (including phenoxy) is 2. The largest absolute Gasteiger partial charge is 0.344 e. The van der Waals surface area contributed by atoms with Gasteiger partial charge in [-0.1, -0.05) is 30.3 Å². The molecule has 2 bridgehead atoms. The minimum Gasteiger partial charge on any atom is -0.344 e. The molecule has 2 aliphatic heterocycles. The van der Waals surface area contributed by atoms with Crippen LogP contribution in [0, 0.1) is 38.0 Å². The van der Waals surface area contributed by atoms with Crippen molar-refractivity contribution in [1.82, 2.24) is 5.43 Å². The summed E-state index contributed by atoms with van der Waals surface area (Å²) in [6, 6.07) is 11.4. The number of nitro benzene ring substituents is 2. The minimum atomic E-state index is -0.877. The summed E-state index contributed by atoms with van der Waals surface area (Å²) in [6.45, 7) is 0.300. The molecule has 5 atom stereocenters. The molecule has 2 aromatic carbocycles. The molecule has 168 valence electrons. The number of carbonyl (C=O) groups excluding carboxylic acids is 2. The molecule has 1 saturated carbocycles.